The van der Waals surface area contributed by atoms with Gasteiger partial charge in [-0.3, -0.25) is 19.2 Å². The number of carboxylic acids is 4. The summed E-state index contributed by atoms with van der Waals surface area (Å²) in [6, 6.07) is -2.28. The van der Waals surface area contributed by atoms with Crippen molar-refractivity contribution in [3.05, 3.63) is 0 Å². The minimum Gasteiger partial charge on any atom is -0.480 e. The first kappa shape index (κ1) is 57.8. The fourth-order valence-electron chi connectivity index (χ4n) is 8.63. The maximum absolute atomic E-state index is 11.6. The van der Waals surface area contributed by atoms with Crippen molar-refractivity contribution in [3.8, 4) is 0 Å². The van der Waals surface area contributed by atoms with E-state index in [4.69, 9.17) is 20.4 Å². The molecule has 4 rings (SSSR count). The molecule has 0 saturated carbocycles. The molecule has 0 aromatic heterocycles. The van der Waals surface area contributed by atoms with Crippen molar-refractivity contribution >= 4 is 47.5 Å². The molecule has 0 aromatic rings. The van der Waals surface area contributed by atoms with E-state index in [1.165, 1.54) is 67.6 Å². The van der Waals surface area contributed by atoms with Gasteiger partial charge in [-0.1, -0.05) is 130 Å². The van der Waals surface area contributed by atoms with E-state index in [1.807, 2.05) is 0 Å². The Balaban J connectivity index is 0.000000429. The number of carboxylic acid groups (broad SMARTS) is 4. The molecule has 0 aliphatic carbocycles. The molecule has 0 radical (unpaired) electrons. The lowest BCUT2D eigenvalue weighted by Crippen LogP contribution is -2.39. The first-order chi connectivity index (χ1) is 30.7. The van der Waals surface area contributed by atoms with Crippen LogP contribution in [0.2, 0.25) is 0 Å². The Labute approximate surface area is 382 Å². The summed E-state index contributed by atoms with van der Waals surface area (Å²) in [5, 5.41) is 35.8. The van der Waals surface area contributed by atoms with Crippen molar-refractivity contribution in [2.24, 2.45) is 0 Å². The third-order valence-corrected chi connectivity index (χ3v) is 12.5. The van der Waals surface area contributed by atoms with Gasteiger partial charge in [0.2, 0.25) is 23.6 Å². The summed E-state index contributed by atoms with van der Waals surface area (Å²) in [7, 11) is 0. The van der Waals surface area contributed by atoms with Gasteiger partial charge in [0.25, 0.3) is 0 Å². The summed E-state index contributed by atoms with van der Waals surface area (Å²) < 4.78 is 0. The van der Waals surface area contributed by atoms with E-state index in [-0.39, 0.29) is 23.6 Å². The van der Waals surface area contributed by atoms with Crippen LogP contribution in [0.1, 0.15) is 207 Å². The number of aliphatic carboxylic acids is 4. The maximum atomic E-state index is 11.6. The fraction of sp³-hybridized carbons (Fsp3) is 0.833. The molecule has 4 aliphatic rings. The van der Waals surface area contributed by atoms with E-state index in [1.54, 1.807) is 9.80 Å². The molecule has 4 heterocycles. The third kappa shape index (κ3) is 22.1. The van der Waals surface area contributed by atoms with Gasteiger partial charge in [-0.15, -0.1) is 0 Å². The second-order valence-corrected chi connectivity index (χ2v) is 17.6. The van der Waals surface area contributed by atoms with Gasteiger partial charge in [0, 0.05) is 51.9 Å². The molecule has 4 N–H and O–H groups in total. The van der Waals surface area contributed by atoms with Crippen LogP contribution in [0, 0.1) is 0 Å². The predicted molar refractivity (Wildman–Crippen MR) is 245 cm³/mol. The van der Waals surface area contributed by atoms with Crippen LogP contribution < -0.4 is 0 Å². The highest BCUT2D eigenvalue weighted by Gasteiger charge is 2.38. The maximum Gasteiger partial charge on any atom is 0.326 e. The summed E-state index contributed by atoms with van der Waals surface area (Å²) in [5.74, 6) is -3.44. The molecule has 4 saturated heterocycles. The normalized spacial score (nSPS) is 20.4. The Bertz CT molecular complexity index is 1430. The van der Waals surface area contributed by atoms with E-state index in [0.29, 0.717) is 77.5 Å². The summed E-state index contributed by atoms with van der Waals surface area (Å²) >= 11 is 0. The number of hydrogen-bond donors (Lipinski definition) is 4. The smallest absolute Gasteiger partial charge is 0.326 e. The molecule has 4 fully saturated rings. The minimum atomic E-state index is -0.868. The molecule has 4 unspecified atom stereocenters. The summed E-state index contributed by atoms with van der Waals surface area (Å²) in [6.45, 7) is 11.0. The third-order valence-electron chi connectivity index (χ3n) is 12.5. The van der Waals surface area contributed by atoms with Gasteiger partial charge in [-0.25, -0.2) is 19.2 Å². The van der Waals surface area contributed by atoms with Crippen molar-refractivity contribution in [1.29, 1.82) is 0 Å². The Morgan fingerprint density at radius 2 is 0.516 bits per heavy atom. The number of carbonyl (C=O) groups is 8. The lowest BCUT2D eigenvalue weighted by atomic mass is 10.1. The molecule has 16 heteroatoms. The van der Waals surface area contributed by atoms with Crippen LogP contribution in [0.4, 0.5) is 0 Å². The molecule has 16 nitrogen and oxygen atoms in total. The van der Waals surface area contributed by atoms with Gasteiger partial charge in [0.15, 0.2) is 0 Å². The van der Waals surface area contributed by atoms with Crippen LogP contribution in [0.3, 0.4) is 0 Å². The van der Waals surface area contributed by atoms with Crippen LogP contribution in [0.15, 0.2) is 0 Å². The first-order valence-electron chi connectivity index (χ1n) is 24.7. The second kappa shape index (κ2) is 34.2. The second-order valence-electron chi connectivity index (χ2n) is 17.6. The monoisotopic (exact) mass is 909 g/mol. The average molecular weight is 909 g/mol. The van der Waals surface area contributed by atoms with Crippen LogP contribution in [0.25, 0.3) is 0 Å². The standard InChI is InChI=1S/C14H25NO3.C13H23NO3.C11H19NO3.C10H17NO3/c1-2-3-4-5-6-7-8-11-15-12(14(17)18)9-10-13(15)16;1-2-3-4-5-6-7-10-14-11(13(16)17)8-9-12(14)15;1-2-3-4-5-8-12-9(11(14)15)6-7-10(12)13;1-2-3-4-7-11-8(10(13)14)5-6-9(11)12/h12H,2-11H2,1H3,(H,17,18);11H,2-10H2,1H3,(H,16,17);9H,2-8H2,1H3,(H,14,15);8H,2-7H2,1H3,(H,13,14). The fourth-order valence-corrected chi connectivity index (χ4v) is 8.63. The van der Waals surface area contributed by atoms with Gasteiger partial charge in [0.05, 0.1) is 0 Å². The zero-order chi connectivity index (χ0) is 47.9. The highest BCUT2D eigenvalue weighted by molar-refractivity contribution is 5.89. The largest absolute Gasteiger partial charge is 0.480 e. The quantitative estimate of drug-likeness (QED) is 0.0546. The van der Waals surface area contributed by atoms with Crippen molar-refractivity contribution in [2.45, 2.75) is 232 Å². The van der Waals surface area contributed by atoms with Crippen molar-refractivity contribution < 1.29 is 58.8 Å². The topological polar surface area (TPSA) is 230 Å². The van der Waals surface area contributed by atoms with Gasteiger partial charge in [0.1, 0.15) is 24.2 Å². The van der Waals surface area contributed by atoms with Crippen LogP contribution >= 0.6 is 0 Å². The minimum absolute atomic E-state index is 0.00102. The number of nitrogens with zero attached hydrogens (tertiary/aromatic N) is 4. The van der Waals surface area contributed by atoms with Gasteiger partial charge >= 0.3 is 23.9 Å². The van der Waals surface area contributed by atoms with E-state index in [0.717, 1.165) is 70.6 Å². The average Bonchev–Trinajstić information content (AvgIpc) is 4.03. The van der Waals surface area contributed by atoms with Crippen LogP contribution in [-0.2, 0) is 38.4 Å². The summed E-state index contributed by atoms with van der Waals surface area (Å²) in [6.07, 6.45) is 26.1. The Morgan fingerprint density at radius 3 is 0.734 bits per heavy atom. The molecule has 4 aliphatic heterocycles. The number of hydrogen-bond acceptors (Lipinski definition) is 8. The summed E-state index contributed by atoms with van der Waals surface area (Å²) in [5.41, 5.74) is 0. The first-order valence-corrected chi connectivity index (χ1v) is 24.7. The van der Waals surface area contributed by atoms with Crippen molar-refractivity contribution in [3.63, 3.8) is 0 Å². The molecule has 0 bridgehead atoms. The number of carbonyl (C=O) groups excluding carboxylic acids is 4. The van der Waals surface area contributed by atoms with Gasteiger partial charge in [-0.2, -0.15) is 0 Å². The van der Waals surface area contributed by atoms with Crippen LogP contribution in [-0.4, -0.2) is 138 Å². The highest BCUT2D eigenvalue weighted by Crippen LogP contribution is 2.23. The summed E-state index contributed by atoms with van der Waals surface area (Å²) in [4.78, 5) is 95.5. The predicted octanol–water partition coefficient (Wildman–Crippen LogP) is 8.13. The number of rotatable bonds is 28. The lowest BCUT2D eigenvalue weighted by Gasteiger charge is -2.21. The lowest BCUT2D eigenvalue weighted by molar-refractivity contribution is -0.146. The molecule has 0 spiro atoms. The van der Waals surface area contributed by atoms with E-state index in [9.17, 15) is 38.4 Å². The molecular weight excluding hydrogens is 825 g/mol. The number of unbranched alkanes of at least 4 members (excludes halogenated alkanes) is 16. The van der Waals surface area contributed by atoms with Gasteiger partial charge in [-0.05, 0) is 51.4 Å². The van der Waals surface area contributed by atoms with E-state index < -0.39 is 48.0 Å². The van der Waals surface area contributed by atoms with Crippen molar-refractivity contribution in [1.82, 2.24) is 19.6 Å². The van der Waals surface area contributed by atoms with Crippen molar-refractivity contribution in [2.75, 3.05) is 26.2 Å². The zero-order valence-corrected chi connectivity index (χ0v) is 39.8. The molecule has 0 aromatic carbocycles. The Kier molecular flexibility index (Phi) is 30.8. The zero-order valence-electron chi connectivity index (χ0n) is 39.8. The van der Waals surface area contributed by atoms with Crippen LogP contribution in [0.5, 0.6) is 0 Å². The molecule has 368 valence electrons. The Hall–Kier alpha value is -4.24. The number of amides is 4. The van der Waals surface area contributed by atoms with E-state index >= 15 is 0 Å². The van der Waals surface area contributed by atoms with Gasteiger partial charge < -0.3 is 40.0 Å². The molecule has 4 atom stereocenters. The molecule has 4 amide bonds. The SMILES string of the molecule is CCCCCCCCCN1C(=O)CCC1C(=O)O.CCCCCCCCN1C(=O)CCC1C(=O)O.CCCCCCN1C(=O)CCC1C(=O)O.CCCCCN1C(=O)CCC1C(=O)O. The molecular formula is C48H84N4O12. The van der Waals surface area contributed by atoms with E-state index in [2.05, 4.69) is 27.7 Å². The Morgan fingerprint density at radius 1 is 0.344 bits per heavy atom. The number of likely N-dealkylation sites (tertiary alicyclic amines) is 4. The highest BCUT2D eigenvalue weighted by atomic mass is 16.4. The molecule has 64 heavy (non-hydrogen) atoms.